The molecule has 2 nitrogen and oxygen atoms in total. The summed E-state index contributed by atoms with van der Waals surface area (Å²) in [7, 11) is 0. The standard InChI is InChI=1S/C13H18O2/c1-9(2)8-11-4-6-12(7-5-11)10(3)13(14)15/h4-7,9-10H,8H2,1-3H3,(H,14,15)/i1D3,3D3. The van der Waals surface area contributed by atoms with Crippen molar-refractivity contribution in [3.63, 3.8) is 0 Å². The van der Waals surface area contributed by atoms with E-state index >= 15 is 0 Å². The van der Waals surface area contributed by atoms with Gasteiger partial charge in [-0.15, -0.1) is 0 Å². The van der Waals surface area contributed by atoms with E-state index in [4.69, 9.17) is 13.3 Å². The maximum Gasteiger partial charge on any atom is 0.310 e. The summed E-state index contributed by atoms with van der Waals surface area (Å²) in [5, 5.41) is 9.05. The van der Waals surface area contributed by atoms with E-state index in [1.807, 2.05) is 0 Å². The van der Waals surface area contributed by atoms with Crippen molar-refractivity contribution in [1.82, 2.24) is 0 Å². The Morgan fingerprint density at radius 2 is 2.07 bits per heavy atom. The summed E-state index contributed by atoms with van der Waals surface area (Å²) in [6.07, 6.45) is 0.322. The van der Waals surface area contributed by atoms with Gasteiger partial charge in [-0.1, -0.05) is 38.0 Å². The zero-order valence-electron chi connectivity index (χ0n) is 14.5. The Hall–Kier alpha value is -1.31. The van der Waals surface area contributed by atoms with Crippen molar-refractivity contribution in [2.24, 2.45) is 5.92 Å². The van der Waals surface area contributed by atoms with Gasteiger partial charge in [0.05, 0.1) is 5.92 Å². The Morgan fingerprint density at radius 1 is 1.40 bits per heavy atom. The molecule has 1 aromatic rings. The minimum Gasteiger partial charge on any atom is -0.481 e. The van der Waals surface area contributed by atoms with Crippen molar-refractivity contribution in [2.75, 3.05) is 0 Å². The van der Waals surface area contributed by atoms with Crippen LogP contribution in [0.15, 0.2) is 24.3 Å². The van der Waals surface area contributed by atoms with Crippen LogP contribution in [0.25, 0.3) is 0 Å². The fourth-order valence-electron chi connectivity index (χ4n) is 1.34. The lowest BCUT2D eigenvalue weighted by Crippen LogP contribution is -2.07. The van der Waals surface area contributed by atoms with Crippen LogP contribution in [-0.4, -0.2) is 11.1 Å². The van der Waals surface area contributed by atoms with E-state index in [9.17, 15) is 4.79 Å². The molecule has 15 heavy (non-hydrogen) atoms. The summed E-state index contributed by atoms with van der Waals surface area (Å²) >= 11 is 0. The van der Waals surface area contributed by atoms with Gasteiger partial charge in [0.1, 0.15) is 0 Å². The predicted octanol–water partition coefficient (Wildman–Crippen LogP) is 3.07. The zero-order valence-corrected chi connectivity index (χ0v) is 8.53. The molecule has 0 amide bonds. The molecule has 0 aromatic heterocycles. The molecule has 2 heteroatoms. The van der Waals surface area contributed by atoms with Crippen LogP contribution in [0.5, 0.6) is 0 Å². The third-order valence-electron chi connectivity index (χ3n) is 2.10. The Bertz CT molecular complexity index is 489. The quantitative estimate of drug-likeness (QED) is 0.832. The molecule has 2 unspecified atom stereocenters. The average Bonchev–Trinajstić information content (AvgIpc) is 2.27. The molecule has 1 aromatic carbocycles. The molecule has 0 spiro atoms. The number of hydrogen-bond acceptors (Lipinski definition) is 1. The number of carboxylic acids is 1. The fourth-order valence-corrected chi connectivity index (χ4v) is 1.34. The van der Waals surface area contributed by atoms with Crippen LogP contribution in [-0.2, 0) is 11.2 Å². The summed E-state index contributed by atoms with van der Waals surface area (Å²) in [5.74, 6) is -3.51. The monoisotopic (exact) mass is 212 g/mol. The van der Waals surface area contributed by atoms with Crippen LogP contribution in [0.2, 0.25) is 0 Å². The van der Waals surface area contributed by atoms with Gasteiger partial charge in [-0.05, 0) is 30.3 Å². The summed E-state index contributed by atoms with van der Waals surface area (Å²) in [4.78, 5) is 11.1. The number of benzene rings is 1. The number of carboxylic acid groups (broad SMARTS) is 1. The molecule has 2 atom stereocenters. The first-order valence-corrected chi connectivity index (χ1v) is 4.74. The highest BCUT2D eigenvalue weighted by Gasteiger charge is 2.12. The van der Waals surface area contributed by atoms with Crippen LogP contribution in [0.4, 0.5) is 0 Å². The van der Waals surface area contributed by atoms with E-state index < -0.39 is 31.5 Å². The van der Waals surface area contributed by atoms with E-state index in [2.05, 4.69) is 0 Å². The lowest BCUT2D eigenvalue weighted by Gasteiger charge is -2.09. The van der Waals surface area contributed by atoms with Crippen LogP contribution in [0.1, 0.15) is 45.9 Å². The van der Waals surface area contributed by atoms with Crippen molar-refractivity contribution in [1.29, 1.82) is 0 Å². The highest BCUT2D eigenvalue weighted by Crippen LogP contribution is 2.17. The van der Waals surface area contributed by atoms with E-state index in [1.54, 1.807) is 19.1 Å². The Kier molecular flexibility index (Phi) is 1.88. The van der Waals surface area contributed by atoms with E-state index in [-0.39, 0.29) is 5.56 Å². The number of rotatable bonds is 4. The molecule has 82 valence electrons. The summed E-state index contributed by atoms with van der Waals surface area (Å²) in [6, 6.07) is 6.04. The topological polar surface area (TPSA) is 37.3 Å². The molecule has 1 N–H and O–H groups in total. The highest BCUT2D eigenvalue weighted by molar-refractivity contribution is 5.75. The van der Waals surface area contributed by atoms with Gasteiger partial charge in [0.15, 0.2) is 0 Å². The van der Waals surface area contributed by atoms with Crippen molar-refractivity contribution in [3.8, 4) is 0 Å². The zero-order chi connectivity index (χ0) is 16.4. The maximum absolute atomic E-state index is 11.1. The first-order valence-electron chi connectivity index (χ1n) is 7.74. The average molecular weight is 212 g/mol. The van der Waals surface area contributed by atoms with Gasteiger partial charge in [0.2, 0.25) is 0 Å². The Balaban J connectivity index is 2.94. The molecule has 0 radical (unpaired) electrons. The van der Waals surface area contributed by atoms with E-state index in [1.165, 1.54) is 12.1 Å². The molecule has 0 saturated heterocycles. The molecule has 0 bridgehead atoms. The smallest absolute Gasteiger partial charge is 0.310 e. The number of aliphatic carboxylic acids is 1. The summed E-state index contributed by atoms with van der Waals surface area (Å²) < 4.78 is 43.8. The fraction of sp³-hybridized carbons (Fsp3) is 0.462. The minimum absolute atomic E-state index is 0.188. The molecule has 0 saturated carbocycles. The van der Waals surface area contributed by atoms with E-state index in [0.29, 0.717) is 6.42 Å². The molecular weight excluding hydrogens is 188 g/mol. The lowest BCUT2D eigenvalue weighted by atomic mass is 9.97. The molecule has 0 aliphatic rings. The Labute approximate surface area is 99.4 Å². The summed E-state index contributed by atoms with van der Waals surface area (Å²) in [5.41, 5.74) is 0.921. The largest absolute Gasteiger partial charge is 0.481 e. The van der Waals surface area contributed by atoms with Gasteiger partial charge in [0.25, 0.3) is 0 Å². The normalized spacial score (nSPS) is 22.2. The molecular formula is C13H18O2. The van der Waals surface area contributed by atoms with Crippen molar-refractivity contribution in [3.05, 3.63) is 35.4 Å². The van der Waals surface area contributed by atoms with Crippen LogP contribution >= 0.6 is 0 Å². The minimum atomic E-state index is -2.63. The third-order valence-corrected chi connectivity index (χ3v) is 2.10. The number of hydrogen-bond donors (Lipinski definition) is 1. The van der Waals surface area contributed by atoms with Crippen LogP contribution < -0.4 is 0 Å². The molecule has 0 heterocycles. The second-order valence-corrected chi connectivity index (χ2v) is 3.62. The van der Waals surface area contributed by atoms with Gasteiger partial charge in [-0.3, -0.25) is 4.79 Å². The first kappa shape index (κ1) is 5.69. The molecule has 0 aliphatic heterocycles. The van der Waals surface area contributed by atoms with Gasteiger partial charge in [-0.25, -0.2) is 0 Å². The summed E-state index contributed by atoms with van der Waals surface area (Å²) in [6.45, 7) is -3.07. The predicted molar refractivity (Wildman–Crippen MR) is 61.0 cm³/mol. The van der Waals surface area contributed by atoms with Crippen LogP contribution in [0.3, 0.4) is 0 Å². The van der Waals surface area contributed by atoms with Crippen molar-refractivity contribution >= 4 is 5.97 Å². The third kappa shape index (κ3) is 3.39. The number of carbonyl (C=O) groups is 1. The van der Waals surface area contributed by atoms with E-state index in [0.717, 1.165) is 5.56 Å². The molecule has 1 rings (SSSR count). The molecule has 0 aliphatic carbocycles. The SMILES string of the molecule is [2H]C([2H])([2H])C(C)Cc1ccc(C(C(=O)O)C([2H])([2H])[2H])cc1. The van der Waals surface area contributed by atoms with Gasteiger partial charge < -0.3 is 5.11 Å². The van der Waals surface area contributed by atoms with Crippen molar-refractivity contribution in [2.45, 2.75) is 33.0 Å². The second-order valence-electron chi connectivity index (χ2n) is 3.62. The van der Waals surface area contributed by atoms with Crippen LogP contribution in [0, 0.1) is 5.92 Å². The maximum atomic E-state index is 11.1. The van der Waals surface area contributed by atoms with Gasteiger partial charge in [-0.2, -0.15) is 0 Å². The first-order chi connectivity index (χ1) is 9.43. The molecule has 0 fully saturated rings. The van der Waals surface area contributed by atoms with Gasteiger partial charge >= 0.3 is 5.97 Å². The van der Waals surface area contributed by atoms with Gasteiger partial charge in [0, 0.05) is 8.22 Å². The highest BCUT2D eigenvalue weighted by atomic mass is 16.4. The van der Waals surface area contributed by atoms with Crippen molar-refractivity contribution < 1.29 is 18.1 Å². The Morgan fingerprint density at radius 3 is 2.53 bits per heavy atom. The lowest BCUT2D eigenvalue weighted by molar-refractivity contribution is -0.138. The second kappa shape index (κ2) is 4.96.